The smallest absolute Gasteiger partial charge is 0.245 e. The van der Waals surface area contributed by atoms with E-state index in [1.807, 2.05) is 0 Å². The molecular weight excluding hydrogens is 204 g/mol. The quantitative estimate of drug-likeness (QED) is 0.699. The molecule has 0 aromatic rings. The Bertz CT molecular complexity index is 325. The molecular formula is C12H18N2O2. The minimum Gasteiger partial charge on any atom is -0.343 e. The maximum Gasteiger partial charge on any atom is 0.245 e. The van der Waals surface area contributed by atoms with Gasteiger partial charge in [-0.1, -0.05) is 12.2 Å². The maximum absolute atomic E-state index is 11.8. The van der Waals surface area contributed by atoms with Crippen molar-refractivity contribution in [3.05, 3.63) is 12.2 Å². The average Bonchev–Trinajstić information content (AvgIpc) is 2.27. The lowest BCUT2D eigenvalue weighted by molar-refractivity contribution is -0.144. The van der Waals surface area contributed by atoms with E-state index in [4.69, 9.17) is 0 Å². The highest BCUT2D eigenvalue weighted by atomic mass is 16.2. The highest BCUT2D eigenvalue weighted by Gasteiger charge is 2.30. The Balaban J connectivity index is 1.94. The molecule has 0 aromatic carbocycles. The van der Waals surface area contributed by atoms with E-state index in [9.17, 15) is 9.59 Å². The second-order valence-corrected chi connectivity index (χ2v) is 4.66. The Labute approximate surface area is 95.7 Å². The van der Waals surface area contributed by atoms with Crippen molar-refractivity contribution in [1.29, 1.82) is 0 Å². The molecule has 1 heterocycles. The molecule has 1 N–H and O–H groups in total. The van der Waals surface area contributed by atoms with Gasteiger partial charge in [-0.3, -0.25) is 9.59 Å². The van der Waals surface area contributed by atoms with Gasteiger partial charge in [0.15, 0.2) is 0 Å². The predicted octanol–water partition coefficient (Wildman–Crippen LogP) is 0.690. The molecule has 88 valence electrons. The molecule has 2 aliphatic rings. The molecule has 1 saturated heterocycles. The SMILES string of the molecule is CC1NC(=O)CN(CC2CC=CCC2)C1=O. The van der Waals surface area contributed by atoms with Crippen LogP contribution >= 0.6 is 0 Å². The lowest BCUT2D eigenvalue weighted by Crippen LogP contribution is -2.57. The first-order valence-corrected chi connectivity index (χ1v) is 5.90. The summed E-state index contributed by atoms with van der Waals surface area (Å²) in [6.07, 6.45) is 7.60. The number of nitrogens with one attached hydrogen (secondary N) is 1. The molecule has 0 bridgehead atoms. The Morgan fingerprint density at radius 3 is 2.94 bits per heavy atom. The van der Waals surface area contributed by atoms with Gasteiger partial charge in [0.05, 0.1) is 6.54 Å². The number of amides is 2. The topological polar surface area (TPSA) is 49.4 Å². The third-order valence-corrected chi connectivity index (χ3v) is 3.25. The monoisotopic (exact) mass is 222 g/mol. The summed E-state index contributed by atoms with van der Waals surface area (Å²) in [6.45, 7) is 2.69. The van der Waals surface area contributed by atoms with E-state index < -0.39 is 0 Å². The standard InChI is InChI=1S/C12H18N2O2/c1-9-12(16)14(8-11(15)13-9)7-10-5-3-2-4-6-10/h2-3,9-10H,4-8H2,1H3,(H,13,15). The molecule has 4 nitrogen and oxygen atoms in total. The summed E-state index contributed by atoms with van der Waals surface area (Å²) in [7, 11) is 0. The summed E-state index contributed by atoms with van der Waals surface area (Å²) in [6, 6.07) is -0.361. The number of carbonyl (C=O) groups excluding carboxylic acids is 2. The molecule has 2 amide bonds. The van der Waals surface area contributed by atoms with E-state index in [-0.39, 0.29) is 24.4 Å². The van der Waals surface area contributed by atoms with Crippen LogP contribution in [0.5, 0.6) is 0 Å². The maximum atomic E-state index is 11.8. The van der Waals surface area contributed by atoms with Crippen LogP contribution in [-0.2, 0) is 9.59 Å². The van der Waals surface area contributed by atoms with Crippen LogP contribution in [0.25, 0.3) is 0 Å². The second kappa shape index (κ2) is 4.68. The summed E-state index contributed by atoms with van der Waals surface area (Å²) >= 11 is 0. The average molecular weight is 222 g/mol. The zero-order valence-corrected chi connectivity index (χ0v) is 9.61. The van der Waals surface area contributed by atoms with Crippen LogP contribution in [0.1, 0.15) is 26.2 Å². The van der Waals surface area contributed by atoms with E-state index >= 15 is 0 Å². The van der Waals surface area contributed by atoms with Gasteiger partial charge < -0.3 is 10.2 Å². The number of hydrogen-bond acceptors (Lipinski definition) is 2. The number of rotatable bonds is 2. The van der Waals surface area contributed by atoms with Crippen molar-refractivity contribution in [3.8, 4) is 0 Å². The van der Waals surface area contributed by atoms with Gasteiger partial charge in [-0.2, -0.15) is 0 Å². The summed E-state index contributed by atoms with van der Waals surface area (Å²) in [5.41, 5.74) is 0. The Hall–Kier alpha value is -1.32. The molecule has 0 radical (unpaired) electrons. The molecule has 1 fully saturated rings. The lowest BCUT2D eigenvalue weighted by Gasteiger charge is -2.33. The van der Waals surface area contributed by atoms with Gasteiger partial charge in [0.25, 0.3) is 0 Å². The molecule has 16 heavy (non-hydrogen) atoms. The molecule has 0 spiro atoms. The first-order valence-electron chi connectivity index (χ1n) is 5.90. The van der Waals surface area contributed by atoms with Crippen molar-refractivity contribution in [1.82, 2.24) is 10.2 Å². The first kappa shape index (κ1) is 11.2. The predicted molar refractivity (Wildman–Crippen MR) is 60.7 cm³/mol. The Morgan fingerprint density at radius 2 is 2.25 bits per heavy atom. The normalized spacial score (nSPS) is 30.4. The van der Waals surface area contributed by atoms with Gasteiger partial charge in [-0.25, -0.2) is 0 Å². The van der Waals surface area contributed by atoms with E-state index in [0.29, 0.717) is 5.92 Å². The number of nitrogens with zero attached hydrogens (tertiary/aromatic N) is 1. The van der Waals surface area contributed by atoms with Crippen molar-refractivity contribution in [2.75, 3.05) is 13.1 Å². The van der Waals surface area contributed by atoms with Gasteiger partial charge in [-0.15, -0.1) is 0 Å². The number of carbonyl (C=O) groups is 2. The fourth-order valence-corrected chi connectivity index (χ4v) is 2.36. The van der Waals surface area contributed by atoms with E-state index in [2.05, 4.69) is 17.5 Å². The van der Waals surface area contributed by atoms with Crippen LogP contribution in [0.2, 0.25) is 0 Å². The Kier molecular flexibility index (Phi) is 3.27. The molecule has 1 aliphatic heterocycles. The van der Waals surface area contributed by atoms with Gasteiger partial charge in [-0.05, 0) is 32.1 Å². The molecule has 0 saturated carbocycles. The molecule has 1 aliphatic carbocycles. The van der Waals surface area contributed by atoms with Crippen molar-refractivity contribution in [2.45, 2.75) is 32.2 Å². The van der Waals surface area contributed by atoms with Gasteiger partial charge in [0, 0.05) is 6.54 Å². The van der Waals surface area contributed by atoms with Gasteiger partial charge >= 0.3 is 0 Å². The second-order valence-electron chi connectivity index (χ2n) is 4.66. The largest absolute Gasteiger partial charge is 0.343 e. The molecule has 2 rings (SSSR count). The highest BCUT2D eigenvalue weighted by molar-refractivity contribution is 5.94. The highest BCUT2D eigenvalue weighted by Crippen LogP contribution is 2.20. The van der Waals surface area contributed by atoms with Crippen molar-refractivity contribution in [3.63, 3.8) is 0 Å². The molecule has 2 atom stereocenters. The van der Waals surface area contributed by atoms with Gasteiger partial charge in [0.2, 0.25) is 11.8 Å². The minimum absolute atomic E-state index is 0.0431. The van der Waals surface area contributed by atoms with Crippen LogP contribution in [0.3, 0.4) is 0 Å². The van der Waals surface area contributed by atoms with Crippen LogP contribution < -0.4 is 5.32 Å². The lowest BCUT2D eigenvalue weighted by atomic mass is 9.93. The molecule has 2 unspecified atom stereocenters. The van der Waals surface area contributed by atoms with Crippen molar-refractivity contribution >= 4 is 11.8 Å². The van der Waals surface area contributed by atoms with Crippen LogP contribution in [-0.4, -0.2) is 35.8 Å². The minimum atomic E-state index is -0.361. The van der Waals surface area contributed by atoms with E-state index in [1.54, 1.807) is 11.8 Å². The van der Waals surface area contributed by atoms with E-state index in [0.717, 1.165) is 25.8 Å². The summed E-state index contributed by atoms with van der Waals surface area (Å²) in [4.78, 5) is 24.9. The zero-order valence-electron chi connectivity index (χ0n) is 9.61. The van der Waals surface area contributed by atoms with Crippen LogP contribution in [0.4, 0.5) is 0 Å². The summed E-state index contributed by atoms with van der Waals surface area (Å²) in [5.74, 6) is 0.527. The number of hydrogen-bond donors (Lipinski definition) is 1. The molecule has 0 aromatic heterocycles. The zero-order chi connectivity index (χ0) is 11.5. The van der Waals surface area contributed by atoms with Gasteiger partial charge in [0.1, 0.15) is 6.04 Å². The number of allylic oxidation sites excluding steroid dienone is 2. The number of piperazine rings is 1. The third kappa shape index (κ3) is 2.43. The third-order valence-electron chi connectivity index (χ3n) is 3.25. The summed E-state index contributed by atoms with van der Waals surface area (Å²) < 4.78 is 0. The fraction of sp³-hybridized carbons (Fsp3) is 0.667. The van der Waals surface area contributed by atoms with Crippen LogP contribution in [0.15, 0.2) is 12.2 Å². The Morgan fingerprint density at radius 1 is 1.44 bits per heavy atom. The fourth-order valence-electron chi connectivity index (χ4n) is 2.36. The van der Waals surface area contributed by atoms with Crippen molar-refractivity contribution < 1.29 is 9.59 Å². The summed E-state index contributed by atoms with van der Waals surface area (Å²) in [5, 5.41) is 2.65. The van der Waals surface area contributed by atoms with Crippen LogP contribution in [0, 0.1) is 5.92 Å². The first-order chi connectivity index (χ1) is 7.66. The molecule has 4 heteroatoms. The van der Waals surface area contributed by atoms with E-state index in [1.165, 1.54) is 0 Å². The van der Waals surface area contributed by atoms with Crippen molar-refractivity contribution in [2.24, 2.45) is 5.92 Å².